The van der Waals surface area contributed by atoms with Gasteiger partial charge in [0.05, 0.1) is 35.2 Å². The number of pyridine rings is 1. The average Bonchev–Trinajstić information content (AvgIpc) is 3.48. The standard InChI is InChI=1S/C23H17IN2O4S/c1-25-11-18-17(15-6-7-29-12-15)10-20(21-3-2-8-31-21)26-22(18)30-13-16-5-4-14(23(27)28)9-19(16)24/h2-10,12H,1,11,13H2,(H,27,28). The predicted molar refractivity (Wildman–Crippen MR) is 129 cm³/mol. The van der Waals surface area contributed by atoms with E-state index < -0.39 is 5.97 Å². The Morgan fingerprint density at radius 2 is 2.16 bits per heavy atom. The molecule has 0 saturated heterocycles. The van der Waals surface area contributed by atoms with Crippen LogP contribution < -0.4 is 4.74 Å². The van der Waals surface area contributed by atoms with Crippen molar-refractivity contribution >= 4 is 46.6 Å². The Morgan fingerprint density at radius 1 is 1.29 bits per heavy atom. The first-order valence-electron chi connectivity index (χ1n) is 9.24. The Hall–Kier alpha value is -2.98. The average molecular weight is 544 g/mol. The number of carbonyl (C=O) groups is 1. The molecular weight excluding hydrogens is 527 g/mol. The summed E-state index contributed by atoms with van der Waals surface area (Å²) >= 11 is 3.71. The van der Waals surface area contributed by atoms with Gasteiger partial charge in [0.2, 0.25) is 5.88 Å². The number of aromatic nitrogens is 1. The highest BCUT2D eigenvalue weighted by Gasteiger charge is 2.18. The first-order valence-corrected chi connectivity index (χ1v) is 11.2. The van der Waals surface area contributed by atoms with Crippen LogP contribution in [0.1, 0.15) is 21.5 Å². The Bertz CT molecular complexity index is 1220. The van der Waals surface area contributed by atoms with Gasteiger partial charge >= 0.3 is 5.97 Å². The number of rotatable bonds is 8. The Kier molecular flexibility index (Phi) is 6.47. The third-order valence-electron chi connectivity index (χ3n) is 4.63. The van der Waals surface area contributed by atoms with Crippen LogP contribution in [-0.2, 0) is 13.2 Å². The molecule has 1 N–H and O–H groups in total. The molecule has 0 amide bonds. The number of aliphatic imine (C=N–C) groups is 1. The van der Waals surface area contributed by atoms with Crippen LogP contribution in [0.2, 0.25) is 0 Å². The maximum absolute atomic E-state index is 11.2. The van der Waals surface area contributed by atoms with Gasteiger partial charge in [0.15, 0.2) is 0 Å². The summed E-state index contributed by atoms with van der Waals surface area (Å²) in [5.74, 6) is -0.493. The first-order chi connectivity index (χ1) is 15.1. The van der Waals surface area contributed by atoms with Crippen LogP contribution in [0.4, 0.5) is 0 Å². The van der Waals surface area contributed by atoms with Crippen LogP contribution in [-0.4, -0.2) is 22.8 Å². The molecule has 31 heavy (non-hydrogen) atoms. The van der Waals surface area contributed by atoms with E-state index in [4.69, 9.17) is 14.1 Å². The zero-order valence-corrected chi connectivity index (χ0v) is 19.2. The van der Waals surface area contributed by atoms with Gasteiger partial charge in [-0.1, -0.05) is 12.1 Å². The molecule has 0 aliphatic heterocycles. The lowest BCUT2D eigenvalue weighted by atomic mass is 10.0. The maximum Gasteiger partial charge on any atom is 0.335 e. The highest BCUT2D eigenvalue weighted by molar-refractivity contribution is 14.1. The summed E-state index contributed by atoms with van der Waals surface area (Å²) in [4.78, 5) is 21.1. The molecule has 4 rings (SSSR count). The van der Waals surface area contributed by atoms with Gasteiger partial charge in [-0.25, -0.2) is 9.78 Å². The van der Waals surface area contributed by atoms with Gasteiger partial charge in [0.25, 0.3) is 0 Å². The molecule has 6 nitrogen and oxygen atoms in total. The van der Waals surface area contributed by atoms with E-state index in [1.807, 2.05) is 29.6 Å². The summed E-state index contributed by atoms with van der Waals surface area (Å²) in [6, 6.07) is 12.8. The van der Waals surface area contributed by atoms with Crippen molar-refractivity contribution in [3.63, 3.8) is 0 Å². The van der Waals surface area contributed by atoms with Crippen molar-refractivity contribution in [2.75, 3.05) is 0 Å². The molecule has 8 heteroatoms. The number of hydrogen-bond acceptors (Lipinski definition) is 6. The minimum absolute atomic E-state index is 0.241. The fourth-order valence-corrected chi connectivity index (χ4v) is 4.46. The molecule has 1 aromatic carbocycles. The lowest BCUT2D eigenvalue weighted by molar-refractivity contribution is 0.0696. The third-order valence-corrected chi connectivity index (χ3v) is 6.52. The zero-order valence-electron chi connectivity index (χ0n) is 16.2. The number of furan rings is 1. The molecule has 3 heterocycles. The third kappa shape index (κ3) is 4.70. The van der Waals surface area contributed by atoms with Crippen molar-refractivity contribution in [1.29, 1.82) is 0 Å². The molecule has 0 aliphatic carbocycles. The van der Waals surface area contributed by atoms with Gasteiger partial charge in [-0.2, -0.15) is 0 Å². The molecular formula is C23H17IN2O4S. The summed E-state index contributed by atoms with van der Waals surface area (Å²) in [5, 5.41) is 11.2. The number of aromatic carboxylic acids is 1. The van der Waals surface area contributed by atoms with Crippen molar-refractivity contribution in [2.45, 2.75) is 13.2 Å². The quantitative estimate of drug-likeness (QED) is 0.213. The Labute approximate surface area is 196 Å². The molecule has 0 unspecified atom stereocenters. The van der Waals surface area contributed by atoms with E-state index in [0.29, 0.717) is 12.4 Å². The zero-order chi connectivity index (χ0) is 21.8. The van der Waals surface area contributed by atoms with Crippen LogP contribution in [0.5, 0.6) is 5.88 Å². The molecule has 0 aliphatic rings. The van der Waals surface area contributed by atoms with Gasteiger partial charge < -0.3 is 14.3 Å². The molecule has 0 saturated carbocycles. The Balaban J connectivity index is 1.75. The van der Waals surface area contributed by atoms with Crippen LogP contribution in [0.15, 0.2) is 69.8 Å². The van der Waals surface area contributed by atoms with Gasteiger partial charge in [-0.15, -0.1) is 11.3 Å². The van der Waals surface area contributed by atoms with E-state index in [0.717, 1.165) is 36.4 Å². The van der Waals surface area contributed by atoms with Gasteiger partial charge in [-0.3, -0.25) is 4.99 Å². The van der Waals surface area contributed by atoms with Gasteiger partial charge in [-0.05, 0) is 70.6 Å². The number of hydrogen-bond donors (Lipinski definition) is 1. The molecule has 0 atom stereocenters. The molecule has 4 aromatic rings. The summed E-state index contributed by atoms with van der Waals surface area (Å²) in [6.07, 6.45) is 3.30. The van der Waals surface area contributed by atoms with E-state index >= 15 is 0 Å². The number of carboxylic acids is 1. The van der Waals surface area contributed by atoms with Crippen LogP contribution in [0.3, 0.4) is 0 Å². The van der Waals surface area contributed by atoms with E-state index in [-0.39, 0.29) is 12.2 Å². The summed E-state index contributed by atoms with van der Waals surface area (Å²) in [7, 11) is 0. The normalized spacial score (nSPS) is 10.7. The number of halogens is 1. The number of benzene rings is 1. The monoisotopic (exact) mass is 544 g/mol. The van der Waals surface area contributed by atoms with Crippen LogP contribution >= 0.6 is 33.9 Å². The van der Waals surface area contributed by atoms with Crippen LogP contribution in [0.25, 0.3) is 21.7 Å². The Morgan fingerprint density at radius 3 is 2.81 bits per heavy atom. The number of thiophene rings is 1. The lowest BCUT2D eigenvalue weighted by Crippen LogP contribution is -2.05. The van der Waals surface area contributed by atoms with E-state index in [2.05, 4.69) is 34.3 Å². The fraction of sp³-hybridized carbons (Fsp3) is 0.0870. The molecule has 3 aromatic heterocycles. The van der Waals surface area contributed by atoms with Crippen LogP contribution in [0, 0.1) is 3.57 Å². The van der Waals surface area contributed by atoms with E-state index in [1.165, 1.54) is 0 Å². The second kappa shape index (κ2) is 9.44. The molecule has 156 valence electrons. The minimum Gasteiger partial charge on any atom is -0.478 e. The number of nitrogens with zero attached hydrogens (tertiary/aromatic N) is 2. The maximum atomic E-state index is 11.2. The van der Waals surface area contributed by atoms with E-state index in [1.54, 1.807) is 42.1 Å². The summed E-state index contributed by atoms with van der Waals surface area (Å²) in [6.45, 7) is 4.22. The van der Waals surface area contributed by atoms with Gasteiger partial charge in [0.1, 0.15) is 6.61 Å². The van der Waals surface area contributed by atoms with Crippen molar-refractivity contribution in [3.8, 4) is 27.6 Å². The molecule has 0 spiro atoms. The van der Waals surface area contributed by atoms with Crippen molar-refractivity contribution < 1.29 is 19.1 Å². The molecule has 0 fully saturated rings. The highest BCUT2D eigenvalue weighted by atomic mass is 127. The first kappa shape index (κ1) is 21.3. The number of ether oxygens (including phenoxy) is 1. The smallest absolute Gasteiger partial charge is 0.335 e. The fourth-order valence-electron chi connectivity index (χ4n) is 3.10. The topological polar surface area (TPSA) is 84.9 Å². The lowest BCUT2D eigenvalue weighted by Gasteiger charge is -2.15. The SMILES string of the molecule is C=NCc1c(-c2ccoc2)cc(-c2cccs2)nc1OCc1ccc(C(=O)O)cc1I. The highest BCUT2D eigenvalue weighted by Crippen LogP contribution is 2.36. The minimum atomic E-state index is -0.959. The summed E-state index contributed by atoms with van der Waals surface area (Å²) in [5.41, 5.74) is 4.55. The van der Waals surface area contributed by atoms with E-state index in [9.17, 15) is 9.90 Å². The number of carboxylic acid groups (broad SMARTS) is 1. The van der Waals surface area contributed by atoms with Crippen molar-refractivity contribution in [1.82, 2.24) is 4.98 Å². The van der Waals surface area contributed by atoms with Crippen molar-refractivity contribution in [3.05, 3.63) is 80.6 Å². The van der Waals surface area contributed by atoms with Crippen molar-refractivity contribution in [2.24, 2.45) is 4.99 Å². The molecule has 0 radical (unpaired) electrons. The second-order valence-electron chi connectivity index (χ2n) is 6.61. The largest absolute Gasteiger partial charge is 0.478 e. The summed E-state index contributed by atoms with van der Waals surface area (Å²) < 4.78 is 12.3. The molecule has 0 bridgehead atoms. The predicted octanol–water partition coefficient (Wildman–Crippen LogP) is 6.15. The second-order valence-corrected chi connectivity index (χ2v) is 8.72. The van der Waals surface area contributed by atoms with Gasteiger partial charge in [0, 0.05) is 20.3 Å².